The normalized spacial score (nSPS) is 12.3. The molecule has 2 aromatic rings. The van der Waals surface area contributed by atoms with Crippen molar-refractivity contribution >= 4 is 10.0 Å². The maximum absolute atomic E-state index is 12.5. The number of sulfonamides is 1. The number of benzene rings is 2. The Morgan fingerprint density at radius 2 is 1.50 bits per heavy atom. The van der Waals surface area contributed by atoms with Gasteiger partial charge in [-0.2, -0.15) is 0 Å². The molecule has 0 saturated carbocycles. The highest BCUT2D eigenvalue weighted by atomic mass is 32.2. The molecule has 0 aliphatic carbocycles. The van der Waals surface area contributed by atoms with Crippen LogP contribution < -0.4 is 23.7 Å². The zero-order valence-electron chi connectivity index (χ0n) is 15.2. The van der Waals surface area contributed by atoms with Crippen LogP contribution in [0.4, 0.5) is 0 Å². The van der Waals surface area contributed by atoms with Crippen LogP contribution in [0.3, 0.4) is 0 Å². The lowest BCUT2D eigenvalue weighted by Gasteiger charge is -2.16. The molecule has 7 nitrogen and oxygen atoms in total. The van der Waals surface area contributed by atoms with Crippen LogP contribution in [0.15, 0.2) is 47.4 Å². The van der Waals surface area contributed by atoms with Gasteiger partial charge >= 0.3 is 0 Å². The van der Waals surface area contributed by atoms with Crippen molar-refractivity contribution in [2.24, 2.45) is 0 Å². The molecule has 0 fully saturated rings. The summed E-state index contributed by atoms with van der Waals surface area (Å²) in [6, 6.07) is 11.0. The summed E-state index contributed by atoms with van der Waals surface area (Å²) < 4.78 is 48.6. The van der Waals surface area contributed by atoms with Crippen molar-refractivity contribution in [2.75, 3.05) is 27.9 Å². The fraction of sp³-hybridized carbons (Fsp3) is 0.333. The van der Waals surface area contributed by atoms with Crippen molar-refractivity contribution in [1.29, 1.82) is 0 Å². The third-order valence-electron chi connectivity index (χ3n) is 3.58. The van der Waals surface area contributed by atoms with E-state index < -0.39 is 16.1 Å². The quantitative estimate of drug-likeness (QED) is 0.718. The van der Waals surface area contributed by atoms with Crippen molar-refractivity contribution in [2.45, 2.75) is 17.9 Å². The molecule has 0 bridgehead atoms. The van der Waals surface area contributed by atoms with Gasteiger partial charge < -0.3 is 18.9 Å². The highest BCUT2D eigenvalue weighted by Gasteiger charge is 2.20. The van der Waals surface area contributed by atoms with Gasteiger partial charge in [-0.15, -0.1) is 0 Å². The van der Waals surface area contributed by atoms with Crippen LogP contribution >= 0.6 is 0 Å². The summed E-state index contributed by atoms with van der Waals surface area (Å²) in [6.07, 6.45) is 0. The highest BCUT2D eigenvalue weighted by Crippen LogP contribution is 2.29. The first-order valence-corrected chi connectivity index (χ1v) is 9.39. The summed E-state index contributed by atoms with van der Waals surface area (Å²) in [4.78, 5) is 0.0893. The molecule has 2 aromatic carbocycles. The molecule has 0 unspecified atom stereocenters. The van der Waals surface area contributed by atoms with Gasteiger partial charge in [0.15, 0.2) is 11.5 Å². The first kappa shape index (κ1) is 19.9. The molecule has 0 aromatic heterocycles. The standard InChI is InChI=1S/C18H23NO6S/c1-13(12-25-15-7-5-14(22-2)6-8-15)19-26(20,21)16-9-10-17(23-3)18(11-16)24-4/h5-11,13,19H,12H2,1-4H3/t13-/m1/s1. The second-order valence-corrected chi connectivity index (χ2v) is 7.24. The summed E-state index contributed by atoms with van der Waals surface area (Å²) in [7, 11) is 0.807. The fourth-order valence-corrected chi connectivity index (χ4v) is 3.49. The van der Waals surface area contributed by atoms with Gasteiger partial charge in [-0.25, -0.2) is 13.1 Å². The van der Waals surface area contributed by atoms with Crippen LogP contribution in [-0.4, -0.2) is 42.4 Å². The smallest absolute Gasteiger partial charge is 0.241 e. The topological polar surface area (TPSA) is 83.1 Å². The molecular formula is C18H23NO6S. The van der Waals surface area contributed by atoms with Crippen LogP contribution in [-0.2, 0) is 10.0 Å². The Balaban J connectivity index is 2.01. The third kappa shape index (κ3) is 5.03. The van der Waals surface area contributed by atoms with Crippen LogP contribution in [0.25, 0.3) is 0 Å². The van der Waals surface area contributed by atoms with Gasteiger partial charge in [-0.3, -0.25) is 0 Å². The number of nitrogens with one attached hydrogen (secondary N) is 1. The van der Waals surface area contributed by atoms with E-state index in [9.17, 15) is 8.42 Å². The van der Waals surface area contributed by atoms with Crippen LogP contribution in [0.1, 0.15) is 6.92 Å². The predicted octanol–water partition coefficient (Wildman–Crippen LogP) is 2.46. The first-order chi connectivity index (χ1) is 12.4. The molecule has 0 aliphatic heterocycles. The molecule has 1 N–H and O–H groups in total. The van der Waals surface area contributed by atoms with E-state index in [2.05, 4.69) is 4.72 Å². The molecule has 1 atom stereocenters. The van der Waals surface area contributed by atoms with Crippen molar-refractivity contribution < 1.29 is 27.4 Å². The van der Waals surface area contributed by atoms with Gasteiger partial charge in [0.25, 0.3) is 0 Å². The molecular weight excluding hydrogens is 358 g/mol. The van der Waals surface area contributed by atoms with E-state index >= 15 is 0 Å². The fourth-order valence-electron chi connectivity index (χ4n) is 2.24. The van der Waals surface area contributed by atoms with E-state index in [0.717, 1.165) is 5.75 Å². The minimum atomic E-state index is -3.72. The van der Waals surface area contributed by atoms with Crippen molar-refractivity contribution in [1.82, 2.24) is 4.72 Å². The average molecular weight is 381 g/mol. The minimum absolute atomic E-state index is 0.0893. The molecule has 0 aliphatic rings. The van der Waals surface area contributed by atoms with E-state index in [1.54, 1.807) is 44.4 Å². The van der Waals surface area contributed by atoms with Crippen LogP contribution in [0, 0.1) is 0 Å². The molecule has 142 valence electrons. The van der Waals surface area contributed by atoms with E-state index in [0.29, 0.717) is 17.2 Å². The number of ether oxygens (including phenoxy) is 4. The number of hydrogen-bond donors (Lipinski definition) is 1. The minimum Gasteiger partial charge on any atom is -0.497 e. The lowest BCUT2D eigenvalue weighted by atomic mass is 10.3. The molecule has 0 amide bonds. The van der Waals surface area contributed by atoms with Gasteiger partial charge in [-0.1, -0.05) is 0 Å². The largest absolute Gasteiger partial charge is 0.497 e. The predicted molar refractivity (Wildman–Crippen MR) is 97.8 cm³/mol. The lowest BCUT2D eigenvalue weighted by molar-refractivity contribution is 0.287. The number of hydrogen-bond acceptors (Lipinski definition) is 6. The Bertz CT molecular complexity index is 820. The maximum Gasteiger partial charge on any atom is 0.241 e. The summed E-state index contributed by atoms with van der Waals surface area (Å²) in [6.45, 7) is 1.90. The molecule has 0 spiro atoms. The van der Waals surface area contributed by atoms with Gasteiger partial charge in [0.1, 0.15) is 18.1 Å². The van der Waals surface area contributed by atoms with E-state index in [1.165, 1.54) is 26.4 Å². The molecule has 0 heterocycles. The summed E-state index contributed by atoms with van der Waals surface area (Å²) in [5, 5.41) is 0. The van der Waals surface area contributed by atoms with Crippen molar-refractivity contribution in [3.63, 3.8) is 0 Å². The molecule has 26 heavy (non-hydrogen) atoms. The van der Waals surface area contributed by atoms with E-state index in [4.69, 9.17) is 18.9 Å². The van der Waals surface area contributed by atoms with Crippen molar-refractivity contribution in [3.05, 3.63) is 42.5 Å². The summed E-state index contributed by atoms with van der Waals surface area (Å²) >= 11 is 0. The van der Waals surface area contributed by atoms with Crippen LogP contribution in [0.5, 0.6) is 23.0 Å². The maximum atomic E-state index is 12.5. The molecule has 2 rings (SSSR count). The zero-order chi connectivity index (χ0) is 19.2. The highest BCUT2D eigenvalue weighted by molar-refractivity contribution is 7.89. The molecule has 8 heteroatoms. The summed E-state index contributed by atoms with van der Waals surface area (Å²) in [5.74, 6) is 2.15. The monoisotopic (exact) mass is 381 g/mol. The Morgan fingerprint density at radius 3 is 2.08 bits per heavy atom. The molecule has 0 saturated heterocycles. The van der Waals surface area contributed by atoms with E-state index in [1.807, 2.05) is 0 Å². The van der Waals surface area contributed by atoms with Gasteiger partial charge in [-0.05, 0) is 43.3 Å². The Hall–Kier alpha value is -2.45. The second-order valence-electron chi connectivity index (χ2n) is 5.53. The Morgan fingerprint density at radius 1 is 0.885 bits per heavy atom. The van der Waals surface area contributed by atoms with Gasteiger partial charge in [0, 0.05) is 6.07 Å². The lowest BCUT2D eigenvalue weighted by Crippen LogP contribution is -2.36. The second kappa shape index (κ2) is 8.77. The van der Waals surface area contributed by atoms with Gasteiger partial charge in [0.2, 0.25) is 10.0 Å². The molecule has 0 radical (unpaired) electrons. The first-order valence-electron chi connectivity index (χ1n) is 7.91. The number of rotatable bonds is 9. The number of methoxy groups -OCH3 is 3. The Kier molecular flexibility index (Phi) is 6.70. The SMILES string of the molecule is COc1ccc(OC[C@@H](C)NS(=O)(=O)c2ccc(OC)c(OC)c2)cc1. The van der Waals surface area contributed by atoms with Crippen LogP contribution in [0.2, 0.25) is 0 Å². The van der Waals surface area contributed by atoms with E-state index in [-0.39, 0.29) is 11.5 Å². The summed E-state index contributed by atoms with van der Waals surface area (Å²) in [5.41, 5.74) is 0. The van der Waals surface area contributed by atoms with Crippen molar-refractivity contribution in [3.8, 4) is 23.0 Å². The Labute approximate surface area is 153 Å². The zero-order valence-corrected chi connectivity index (χ0v) is 16.0. The third-order valence-corrected chi connectivity index (χ3v) is 5.17. The average Bonchev–Trinajstić information content (AvgIpc) is 2.65. The van der Waals surface area contributed by atoms with Gasteiger partial charge in [0.05, 0.1) is 32.3 Å².